The second-order valence-electron chi connectivity index (χ2n) is 7.36. The van der Waals surface area contributed by atoms with Gasteiger partial charge in [0, 0.05) is 12.0 Å². The van der Waals surface area contributed by atoms with Crippen molar-refractivity contribution in [3.63, 3.8) is 0 Å². The molecule has 1 saturated heterocycles. The maximum Gasteiger partial charge on any atom is 0.333 e. The van der Waals surface area contributed by atoms with Crippen molar-refractivity contribution in [1.29, 1.82) is 0 Å². The van der Waals surface area contributed by atoms with E-state index in [9.17, 15) is 9.59 Å². The summed E-state index contributed by atoms with van der Waals surface area (Å²) in [7, 11) is 0. The Bertz CT molecular complexity index is 470. The lowest BCUT2D eigenvalue weighted by molar-refractivity contribution is -0.146. The minimum Gasteiger partial charge on any atom is -0.462 e. The molecule has 0 aromatic rings. The van der Waals surface area contributed by atoms with Crippen LogP contribution in [0.4, 0.5) is 0 Å². The molecule has 3 fully saturated rings. The minimum atomic E-state index is -0.249. The van der Waals surface area contributed by atoms with E-state index in [0.29, 0.717) is 29.7 Å². The molecule has 2 bridgehead atoms. The summed E-state index contributed by atoms with van der Waals surface area (Å²) in [5.74, 6) is 1.78. The van der Waals surface area contributed by atoms with E-state index in [1.807, 2.05) is 0 Å². The molecule has 5 atom stereocenters. The molecule has 22 heavy (non-hydrogen) atoms. The Kier molecular flexibility index (Phi) is 4.55. The SMILES string of the molecule is C=C(C)C(=O)OC1CC2CC(CCC3CCC(=O)O3)C(C2)C1. The fourth-order valence-corrected chi connectivity index (χ4v) is 4.51. The van der Waals surface area contributed by atoms with Gasteiger partial charge in [-0.25, -0.2) is 4.79 Å². The van der Waals surface area contributed by atoms with Crippen LogP contribution in [0.2, 0.25) is 0 Å². The number of hydrogen-bond donors (Lipinski definition) is 0. The zero-order valence-corrected chi connectivity index (χ0v) is 13.4. The van der Waals surface area contributed by atoms with Crippen molar-refractivity contribution >= 4 is 11.9 Å². The average molecular weight is 306 g/mol. The molecule has 0 radical (unpaired) electrons. The van der Waals surface area contributed by atoms with Gasteiger partial charge in [-0.2, -0.15) is 0 Å². The summed E-state index contributed by atoms with van der Waals surface area (Å²) in [5, 5.41) is 0. The number of carbonyl (C=O) groups excluding carboxylic acids is 2. The highest BCUT2D eigenvalue weighted by atomic mass is 16.6. The van der Waals surface area contributed by atoms with Gasteiger partial charge in [-0.1, -0.05) is 6.58 Å². The van der Waals surface area contributed by atoms with E-state index in [0.717, 1.165) is 32.1 Å². The highest BCUT2D eigenvalue weighted by Gasteiger charge is 2.42. The first-order chi connectivity index (χ1) is 10.5. The lowest BCUT2D eigenvalue weighted by Crippen LogP contribution is -2.27. The van der Waals surface area contributed by atoms with Crippen molar-refractivity contribution in [2.75, 3.05) is 0 Å². The summed E-state index contributed by atoms with van der Waals surface area (Å²) in [4.78, 5) is 22.8. The lowest BCUT2D eigenvalue weighted by atomic mass is 9.83. The minimum absolute atomic E-state index is 0.0399. The Labute approximate surface area is 132 Å². The van der Waals surface area contributed by atoms with Crippen molar-refractivity contribution < 1.29 is 19.1 Å². The molecule has 4 nitrogen and oxygen atoms in total. The molecular formula is C18H26O4. The van der Waals surface area contributed by atoms with Crippen molar-refractivity contribution in [3.05, 3.63) is 12.2 Å². The molecule has 4 heteroatoms. The van der Waals surface area contributed by atoms with E-state index in [4.69, 9.17) is 9.47 Å². The van der Waals surface area contributed by atoms with Crippen LogP contribution in [-0.4, -0.2) is 24.1 Å². The Morgan fingerprint density at radius 3 is 2.77 bits per heavy atom. The van der Waals surface area contributed by atoms with Crippen LogP contribution in [0.3, 0.4) is 0 Å². The summed E-state index contributed by atoms with van der Waals surface area (Å²) in [6.07, 6.45) is 8.33. The normalized spacial score (nSPS) is 37.0. The Morgan fingerprint density at radius 1 is 1.27 bits per heavy atom. The second kappa shape index (κ2) is 6.43. The summed E-state index contributed by atoms with van der Waals surface area (Å²) in [6, 6.07) is 0. The van der Waals surface area contributed by atoms with E-state index >= 15 is 0 Å². The fraction of sp³-hybridized carbons (Fsp3) is 0.778. The number of rotatable bonds is 5. The summed E-state index contributed by atoms with van der Waals surface area (Å²) in [5.41, 5.74) is 0.484. The maximum atomic E-state index is 11.7. The molecule has 0 N–H and O–H groups in total. The molecule has 0 aromatic heterocycles. The number of hydrogen-bond acceptors (Lipinski definition) is 4. The van der Waals surface area contributed by atoms with Crippen LogP contribution in [0.25, 0.3) is 0 Å². The Balaban J connectivity index is 1.47. The van der Waals surface area contributed by atoms with Crippen molar-refractivity contribution in [2.45, 2.75) is 70.5 Å². The van der Waals surface area contributed by atoms with Crippen molar-refractivity contribution in [1.82, 2.24) is 0 Å². The van der Waals surface area contributed by atoms with Gasteiger partial charge in [0.2, 0.25) is 0 Å². The van der Waals surface area contributed by atoms with Crippen LogP contribution in [0.15, 0.2) is 12.2 Å². The smallest absolute Gasteiger partial charge is 0.333 e. The van der Waals surface area contributed by atoms with Gasteiger partial charge in [0.05, 0.1) is 0 Å². The molecule has 0 aromatic carbocycles. The standard InChI is InChI=1S/C18H26O4/c1-11(2)18(20)22-16-9-12-7-13(14(8-12)10-16)3-4-15-5-6-17(19)21-15/h12-16H,1,3-10H2,2H3. The van der Waals surface area contributed by atoms with Gasteiger partial charge in [-0.3, -0.25) is 4.79 Å². The van der Waals surface area contributed by atoms with Gasteiger partial charge in [0.25, 0.3) is 0 Å². The van der Waals surface area contributed by atoms with Crippen LogP contribution in [0.1, 0.15) is 58.3 Å². The summed E-state index contributed by atoms with van der Waals surface area (Å²) >= 11 is 0. The van der Waals surface area contributed by atoms with E-state index in [1.54, 1.807) is 6.92 Å². The van der Waals surface area contributed by atoms with E-state index in [-0.39, 0.29) is 24.1 Å². The molecule has 5 unspecified atom stereocenters. The molecule has 1 heterocycles. The predicted molar refractivity (Wildman–Crippen MR) is 82.0 cm³/mol. The van der Waals surface area contributed by atoms with Gasteiger partial charge in [0.15, 0.2) is 0 Å². The molecule has 0 amide bonds. The van der Waals surface area contributed by atoms with Gasteiger partial charge < -0.3 is 9.47 Å². The van der Waals surface area contributed by atoms with Crippen molar-refractivity contribution in [3.8, 4) is 0 Å². The molecule has 3 rings (SSSR count). The van der Waals surface area contributed by atoms with Crippen LogP contribution in [0.5, 0.6) is 0 Å². The molecule has 0 spiro atoms. The second-order valence-corrected chi connectivity index (χ2v) is 7.36. The van der Waals surface area contributed by atoms with E-state index in [1.165, 1.54) is 12.8 Å². The lowest BCUT2D eigenvalue weighted by Gasteiger charge is -2.29. The topological polar surface area (TPSA) is 52.6 Å². The Hall–Kier alpha value is -1.32. The number of ether oxygens (including phenoxy) is 2. The van der Waals surface area contributed by atoms with Crippen LogP contribution >= 0.6 is 0 Å². The van der Waals surface area contributed by atoms with Crippen molar-refractivity contribution in [2.24, 2.45) is 17.8 Å². The third-order valence-corrected chi connectivity index (χ3v) is 5.55. The fourth-order valence-electron chi connectivity index (χ4n) is 4.51. The number of carbonyl (C=O) groups is 2. The monoisotopic (exact) mass is 306 g/mol. The maximum absolute atomic E-state index is 11.7. The molecule has 122 valence electrons. The van der Waals surface area contributed by atoms with Crippen LogP contribution in [0, 0.1) is 17.8 Å². The first kappa shape index (κ1) is 15.6. The highest BCUT2D eigenvalue weighted by Crippen LogP contribution is 2.48. The summed E-state index contributed by atoms with van der Waals surface area (Å²) < 4.78 is 10.9. The summed E-state index contributed by atoms with van der Waals surface area (Å²) in [6.45, 7) is 5.35. The quantitative estimate of drug-likeness (QED) is 0.577. The number of esters is 2. The van der Waals surface area contributed by atoms with Crippen LogP contribution < -0.4 is 0 Å². The largest absolute Gasteiger partial charge is 0.462 e. The molecule has 1 aliphatic heterocycles. The number of cyclic esters (lactones) is 1. The van der Waals surface area contributed by atoms with Crippen LogP contribution in [-0.2, 0) is 19.1 Å². The van der Waals surface area contributed by atoms with Gasteiger partial charge in [-0.05, 0) is 69.6 Å². The van der Waals surface area contributed by atoms with Gasteiger partial charge >= 0.3 is 11.9 Å². The van der Waals surface area contributed by atoms with Gasteiger partial charge in [0.1, 0.15) is 12.2 Å². The zero-order chi connectivity index (χ0) is 15.7. The number of fused-ring (bicyclic) bond motifs is 2. The zero-order valence-electron chi connectivity index (χ0n) is 13.4. The predicted octanol–water partition coefficient (Wildman–Crippen LogP) is 3.40. The molecule has 3 aliphatic rings. The highest BCUT2D eigenvalue weighted by molar-refractivity contribution is 5.87. The molecule has 2 saturated carbocycles. The third kappa shape index (κ3) is 3.53. The first-order valence-corrected chi connectivity index (χ1v) is 8.57. The van der Waals surface area contributed by atoms with E-state index in [2.05, 4.69) is 6.58 Å². The average Bonchev–Trinajstić information content (AvgIpc) is 3.00. The Morgan fingerprint density at radius 2 is 2.09 bits per heavy atom. The van der Waals surface area contributed by atoms with E-state index < -0.39 is 0 Å². The molecular weight excluding hydrogens is 280 g/mol. The first-order valence-electron chi connectivity index (χ1n) is 8.57. The third-order valence-electron chi connectivity index (χ3n) is 5.55. The molecule has 2 aliphatic carbocycles. The van der Waals surface area contributed by atoms with Gasteiger partial charge in [-0.15, -0.1) is 0 Å².